The van der Waals surface area contributed by atoms with Gasteiger partial charge in [0.15, 0.2) is 0 Å². The highest BCUT2D eigenvalue weighted by Gasteiger charge is 2.12. The van der Waals surface area contributed by atoms with Gasteiger partial charge in [-0.15, -0.1) is 0 Å². The molecule has 5 heteroatoms. The van der Waals surface area contributed by atoms with Gasteiger partial charge < -0.3 is 9.47 Å². The molecule has 19 heavy (non-hydrogen) atoms. The van der Waals surface area contributed by atoms with Crippen LogP contribution >= 0.6 is 11.6 Å². The predicted molar refractivity (Wildman–Crippen MR) is 73.9 cm³/mol. The summed E-state index contributed by atoms with van der Waals surface area (Å²) in [5.74, 6) is -0.398. The van der Waals surface area contributed by atoms with Crippen molar-refractivity contribution in [1.82, 2.24) is 4.98 Å². The van der Waals surface area contributed by atoms with Crippen LogP contribution in [0, 0.1) is 5.92 Å². The minimum absolute atomic E-state index is 0.175. The Morgan fingerprint density at radius 1 is 1.53 bits per heavy atom. The molecule has 0 spiro atoms. The van der Waals surface area contributed by atoms with Crippen LogP contribution in [0.1, 0.15) is 25.1 Å². The Hall–Kier alpha value is -1.39. The molecule has 0 aliphatic rings. The maximum atomic E-state index is 11.3. The van der Waals surface area contributed by atoms with Crippen molar-refractivity contribution in [2.24, 2.45) is 5.92 Å². The van der Waals surface area contributed by atoms with E-state index in [2.05, 4.69) is 9.72 Å². The Kier molecular flexibility index (Phi) is 6.53. The van der Waals surface area contributed by atoms with E-state index in [1.54, 1.807) is 25.4 Å². The standard InChI is InChI=1S/C14H18ClNO3/c1-10(14(17)19-3)5-4-6-13(18-2)12-9-11(15)7-8-16-12/h4,6-10,13H,5H2,1-3H3/b6-4+. The summed E-state index contributed by atoms with van der Waals surface area (Å²) in [6.07, 6.45) is 5.70. The van der Waals surface area contributed by atoms with Crippen molar-refractivity contribution in [3.8, 4) is 0 Å². The van der Waals surface area contributed by atoms with Crippen LogP contribution < -0.4 is 0 Å². The molecule has 4 nitrogen and oxygen atoms in total. The largest absolute Gasteiger partial charge is 0.469 e. The second-order valence-electron chi connectivity index (χ2n) is 4.14. The monoisotopic (exact) mass is 283 g/mol. The second kappa shape index (κ2) is 7.92. The van der Waals surface area contributed by atoms with E-state index in [-0.39, 0.29) is 18.0 Å². The molecule has 104 valence electrons. The summed E-state index contributed by atoms with van der Waals surface area (Å²) in [5, 5.41) is 0.614. The number of carbonyl (C=O) groups excluding carboxylic acids is 1. The minimum atomic E-state index is -0.274. The first-order chi connectivity index (χ1) is 9.08. The van der Waals surface area contributed by atoms with Crippen LogP contribution in [0.2, 0.25) is 5.02 Å². The van der Waals surface area contributed by atoms with Crippen molar-refractivity contribution in [3.63, 3.8) is 0 Å². The summed E-state index contributed by atoms with van der Waals surface area (Å²) in [5.41, 5.74) is 0.733. The zero-order valence-corrected chi connectivity index (χ0v) is 12.1. The third-order valence-corrected chi connectivity index (χ3v) is 2.93. The van der Waals surface area contributed by atoms with E-state index in [0.717, 1.165) is 5.69 Å². The van der Waals surface area contributed by atoms with Gasteiger partial charge in [0, 0.05) is 18.3 Å². The molecule has 0 radical (unpaired) electrons. The molecule has 1 rings (SSSR count). The number of methoxy groups -OCH3 is 2. The summed E-state index contributed by atoms with van der Waals surface area (Å²) in [6, 6.07) is 3.46. The average molecular weight is 284 g/mol. The van der Waals surface area contributed by atoms with E-state index in [0.29, 0.717) is 11.4 Å². The molecule has 2 unspecified atom stereocenters. The highest BCUT2D eigenvalue weighted by molar-refractivity contribution is 6.30. The number of aromatic nitrogens is 1. The van der Waals surface area contributed by atoms with Gasteiger partial charge in [0.25, 0.3) is 0 Å². The van der Waals surface area contributed by atoms with E-state index < -0.39 is 0 Å². The Balaban J connectivity index is 2.64. The second-order valence-corrected chi connectivity index (χ2v) is 4.58. The highest BCUT2D eigenvalue weighted by atomic mass is 35.5. The molecule has 0 saturated heterocycles. The van der Waals surface area contributed by atoms with Crippen molar-refractivity contribution in [3.05, 3.63) is 41.2 Å². The fraction of sp³-hybridized carbons (Fsp3) is 0.429. The first kappa shape index (κ1) is 15.7. The molecule has 2 atom stereocenters. The van der Waals surface area contributed by atoms with Crippen molar-refractivity contribution in [2.45, 2.75) is 19.4 Å². The van der Waals surface area contributed by atoms with Gasteiger partial charge in [0.1, 0.15) is 6.10 Å². The summed E-state index contributed by atoms with van der Waals surface area (Å²) in [7, 11) is 2.98. The maximum absolute atomic E-state index is 11.3. The third kappa shape index (κ3) is 5.01. The molecule has 0 fully saturated rings. The van der Waals surface area contributed by atoms with Gasteiger partial charge in [-0.2, -0.15) is 0 Å². The van der Waals surface area contributed by atoms with Gasteiger partial charge in [0.2, 0.25) is 0 Å². The molecule has 0 amide bonds. The lowest BCUT2D eigenvalue weighted by Gasteiger charge is -2.11. The number of rotatable bonds is 6. The van der Waals surface area contributed by atoms with Crippen LogP contribution in [0.5, 0.6) is 0 Å². The SMILES string of the molecule is COC(=O)C(C)C/C=C/C(OC)c1cc(Cl)ccn1. The lowest BCUT2D eigenvalue weighted by atomic mass is 10.1. The van der Waals surface area contributed by atoms with Crippen LogP contribution in [-0.2, 0) is 14.3 Å². The van der Waals surface area contributed by atoms with E-state index in [9.17, 15) is 4.79 Å². The van der Waals surface area contributed by atoms with Crippen molar-refractivity contribution in [2.75, 3.05) is 14.2 Å². The van der Waals surface area contributed by atoms with E-state index >= 15 is 0 Å². The van der Waals surface area contributed by atoms with Crippen LogP contribution in [0.15, 0.2) is 30.5 Å². The van der Waals surface area contributed by atoms with Crippen molar-refractivity contribution >= 4 is 17.6 Å². The van der Waals surface area contributed by atoms with Crippen LogP contribution in [-0.4, -0.2) is 25.2 Å². The molecule has 1 aromatic rings. The number of esters is 1. The van der Waals surface area contributed by atoms with Gasteiger partial charge in [-0.1, -0.05) is 30.7 Å². The van der Waals surface area contributed by atoms with Gasteiger partial charge >= 0.3 is 5.97 Å². The smallest absolute Gasteiger partial charge is 0.308 e. The fourth-order valence-corrected chi connectivity index (χ4v) is 1.75. The normalized spacial score (nSPS) is 14.3. The zero-order valence-electron chi connectivity index (χ0n) is 11.3. The number of hydrogen-bond acceptors (Lipinski definition) is 4. The minimum Gasteiger partial charge on any atom is -0.469 e. The van der Waals surface area contributed by atoms with E-state index in [1.807, 2.05) is 19.1 Å². The quantitative estimate of drug-likeness (QED) is 0.594. The molecular formula is C14H18ClNO3. The maximum Gasteiger partial charge on any atom is 0.308 e. The predicted octanol–water partition coefficient (Wildman–Crippen LogP) is 3.18. The third-order valence-electron chi connectivity index (χ3n) is 2.69. The summed E-state index contributed by atoms with van der Waals surface area (Å²) in [4.78, 5) is 15.5. The molecule has 0 bridgehead atoms. The lowest BCUT2D eigenvalue weighted by molar-refractivity contribution is -0.144. The highest BCUT2D eigenvalue weighted by Crippen LogP contribution is 2.19. The van der Waals surface area contributed by atoms with Crippen molar-refractivity contribution in [1.29, 1.82) is 0 Å². The average Bonchev–Trinajstić information content (AvgIpc) is 2.42. The number of allylic oxidation sites excluding steroid dienone is 1. The Bertz CT molecular complexity index is 448. The molecular weight excluding hydrogens is 266 g/mol. The number of nitrogens with zero attached hydrogens (tertiary/aromatic N) is 1. The summed E-state index contributed by atoms with van der Waals surface area (Å²) in [6.45, 7) is 1.82. The lowest BCUT2D eigenvalue weighted by Crippen LogP contribution is -2.11. The molecule has 0 aromatic carbocycles. The fourth-order valence-electron chi connectivity index (χ4n) is 1.58. The number of hydrogen-bond donors (Lipinski definition) is 0. The molecule has 0 saturated carbocycles. The van der Waals surface area contributed by atoms with Gasteiger partial charge in [-0.25, -0.2) is 0 Å². The number of halogens is 1. The number of carbonyl (C=O) groups is 1. The van der Waals surface area contributed by atoms with E-state index in [1.165, 1.54) is 7.11 Å². The van der Waals surface area contributed by atoms with Gasteiger partial charge in [-0.05, 0) is 18.6 Å². The van der Waals surface area contributed by atoms with Gasteiger partial charge in [-0.3, -0.25) is 9.78 Å². The van der Waals surface area contributed by atoms with E-state index in [4.69, 9.17) is 16.3 Å². The van der Waals surface area contributed by atoms with Crippen molar-refractivity contribution < 1.29 is 14.3 Å². The Morgan fingerprint density at radius 2 is 2.26 bits per heavy atom. The molecule has 0 aliphatic heterocycles. The Labute approximate surface area is 118 Å². The number of ether oxygens (including phenoxy) is 2. The molecule has 1 heterocycles. The van der Waals surface area contributed by atoms with Crippen LogP contribution in [0.4, 0.5) is 0 Å². The van der Waals surface area contributed by atoms with Gasteiger partial charge in [0.05, 0.1) is 18.7 Å². The molecule has 0 N–H and O–H groups in total. The molecule has 1 aromatic heterocycles. The Morgan fingerprint density at radius 3 is 2.84 bits per heavy atom. The molecule has 0 aliphatic carbocycles. The van der Waals surface area contributed by atoms with Crippen LogP contribution in [0.25, 0.3) is 0 Å². The number of pyridine rings is 1. The summed E-state index contributed by atoms with van der Waals surface area (Å²) >= 11 is 5.91. The first-order valence-corrected chi connectivity index (χ1v) is 6.35. The summed E-state index contributed by atoms with van der Waals surface area (Å²) < 4.78 is 10.00. The van der Waals surface area contributed by atoms with Crippen LogP contribution in [0.3, 0.4) is 0 Å². The topological polar surface area (TPSA) is 48.4 Å². The first-order valence-electron chi connectivity index (χ1n) is 5.97. The zero-order chi connectivity index (χ0) is 14.3.